The molecule has 1 aromatic carbocycles. The van der Waals surface area contributed by atoms with Gasteiger partial charge in [-0.1, -0.05) is 0 Å². The van der Waals surface area contributed by atoms with Crippen molar-refractivity contribution in [2.75, 3.05) is 24.7 Å². The molecule has 6 heteroatoms. The Morgan fingerprint density at radius 2 is 2.26 bits per heavy atom. The molecule has 0 aromatic heterocycles. The summed E-state index contributed by atoms with van der Waals surface area (Å²) >= 11 is 1.32. The molecule has 0 radical (unpaired) electrons. The van der Waals surface area contributed by atoms with Gasteiger partial charge in [-0.2, -0.15) is 0 Å². The van der Waals surface area contributed by atoms with Crippen LogP contribution in [0, 0.1) is 11.2 Å². The fourth-order valence-electron chi connectivity index (χ4n) is 1.75. The van der Waals surface area contributed by atoms with Crippen molar-refractivity contribution < 1.29 is 14.3 Å². The number of carbonyl (C=O) groups is 1. The molecule has 0 saturated heterocycles. The van der Waals surface area contributed by atoms with E-state index in [2.05, 4.69) is 10.6 Å². The largest absolute Gasteiger partial charge is 0.396 e. The molecule has 2 amide bonds. The minimum atomic E-state index is -0.379. The Labute approximate surface area is 115 Å². The number of benzene rings is 1. The minimum absolute atomic E-state index is 0.0876. The molecule has 0 heterocycles. The van der Waals surface area contributed by atoms with Gasteiger partial charge in [0.15, 0.2) is 0 Å². The number of aliphatic hydroxyl groups is 1. The number of thioether (sulfide) groups is 1. The first-order valence-electron chi connectivity index (χ1n) is 6.08. The van der Waals surface area contributed by atoms with Gasteiger partial charge in [0.2, 0.25) is 0 Å². The minimum Gasteiger partial charge on any atom is -0.396 e. The van der Waals surface area contributed by atoms with E-state index < -0.39 is 0 Å². The average Bonchev–Trinajstić information content (AvgIpc) is 3.17. The van der Waals surface area contributed by atoms with Crippen molar-refractivity contribution in [3.8, 4) is 0 Å². The number of anilines is 1. The van der Waals surface area contributed by atoms with Crippen molar-refractivity contribution in [3.05, 3.63) is 24.0 Å². The molecule has 2 rings (SSSR count). The van der Waals surface area contributed by atoms with Gasteiger partial charge in [-0.05, 0) is 37.3 Å². The van der Waals surface area contributed by atoms with E-state index in [-0.39, 0.29) is 23.9 Å². The maximum Gasteiger partial charge on any atom is 0.319 e. The van der Waals surface area contributed by atoms with Crippen molar-refractivity contribution in [2.45, 2.75) is 17.7 Å². The number of carbonyl (C=O) groups excluding carboxylic acids is 1. The average molecular weight is 284 g/mol. The molecular formula is C13H17FN2O2S. The predicted octanol–water partition coefficient (Wildman–Crippen LogP) is 2.44. The molecule has 3 N–H and O–H groups in total. The Bertz CT molecular complexity index is 478. The molecule has 0 aliphatic heterocycles. The number of hydrogen-bond donors (Lipinski definition) is 3. The molecule has 1 fully saturated rings. The van der Waals surface area contributed by atoms with Crippen LogP contribution in [0.25, 0.3) is 0 Å². The molecule has 1 aliphatic carbocycles. The number of urea groups is 1. The fraction of sp³-hybridized carbons (Fsp3) is 0.462. The number of hydrogen-bond acceptors (Lipinski definition) is 3. The van der Waals surface area contributed by atoms with Crippen LogP contribution in [0.5, 0.6) is 0 Å². The molecule has 104 valence electrons. The van der Waals surface area contributed by atoms with Crippen LogP contribution in [0.3, 0.4) is 0 Å². The summed E-state index contributed by atoms with van der Waals surface area (Å²) in [5.74, 6) is -0.348. The van der Waals surface area contributed by atoms with Gasteiger partial charge in [0, 0.05) is 22.5 Å². The zero-order valence-corrected chi connectivity index (χ0v) is 11.5. The van der Waals surface area contributed by atoms with Gasteiger partial charge in [-0.3, -0.25) is 0 Å². The fourth-order valence-corrected chi connectivity index (χ4v) is 2.21. The van der Waals surface area contributed by atoms with Crippen LogP contribution >= 0.6 is 11.8 Å². The highest BCUT2D eigenvalue weighted by Gasteiger charge is 2.42. The van der Waals surface area contributed by atoms with Gasteiger partial charge in [-0.25, -0.2) is 9.18 Å². The molecule has 0 spiro atoms. The van der Waals surface area contributed by atoms with Crippen molar-refractivity contribution in [1.29, 1.82) is 0 Å². The summed E-state index contributed by atoms with van der Waals surface area (Å²) in [7, 11) is 0. The lowest BCUT2D eigenvalue weighted by Gasteiger charge is -2.13. The first-order chi connectivity index (χ1) is 9.08. The van der Waals surface area contributed by atoms with E-state index in [1.165, 1.54) is 17.8 Å². The van der Waals surface area contributed by atoms with Gasteiger partial charge in [0.25, 0.3) is 0 Å². The predicted molar refractivity (Wildman–Crippen MR) is 74.0 cm³/mol. The van der Waals surface area contributed by atoms with E-state index >= 15 is 0 Å². The maximum absolute atomic E-state index is 13.5. The van der Waals surface area contributed by atoms with E-state index in [0.717, 1.165) is 12.8 Å². The zero-order chi connectivity index (χ0) is 13.9. The smallest absolute Gasteiger partial charge is 0.319 e. The second kappa shape index (κ2) is 5.79. The van der Waals surface area contributed by atoms with Gasteiger partial charge in [0.1, 0.15) is 5.82 Å². The second-order valence-electron chi connectivity index (χ2n) is 4.82. The Kier molecular flexibility index (Phi) is 4.31. The first kappa shape index (κ1) is 14.1. The van der Waals surface area contributed by atoms with Crippen LogP contribution in [0.15, 0.2) is 23.1 Å². The Morgan fingerprint density at radius 1 is 1.53 bits per heavy atom. The van der Waals surface area contributed by atoms with Crippen LogP contribution in [-0.2, 0) is 0 Å². The highest BCUT2D eigenvalue weighted by atomic mass is 32.2. The molecule has 1 saturated carbocycles. The lowest BCUT2D eigenvalue weighted by atomic mass is 10.1. The number of halogens is 1. The van der Waals surface area contributed by atoms with E-state index in [9.17, 15) is 9.18 Å². The Hall–Kier alpha value is -1.27. The lowest BCUT2D eigenvalue weighted by Crippen LogP contribution is -2.35. The summed E-state index contributed by atoms with van der Waals surface area (Å²) in [6.45, 7) is 0.533. The normalized spacial score (nSPS) is 15.9. The maximum atomic E-state index is 13.5. The molecule has 1 aromatic rings. The summed E-state index contributed by atoms with van der Waals surface area (Å²) in [6.07, 6.45) is 3.66. The zero-order valence-electron chi connectivity index (χ0n) is 10.7. The van der Waals surface area contributed by atoms with Crippen molar-refractivity contribution in [1.82, 2.24) is 5.32 Å². The third kappa shape index (κ3) is 3.61. The summed E-state index contributed by atoms with van der Waals surface area (Å²) < 4.78 is 13.5. The van der Waals surface area contributed by atoms with Crippen LogP contribution in [0.4, 0.5) is 14.9 Å². The molecule has 19 heavy (non-hydrogen) atoms. The van der Waals surface area contributed by atoms with Crippen LogP contribution in [-0.4, -0.2) is 30.5 Å². The van der Waals surface area contributed by atoms with Crippen molar-refractivity contribution in [2.24, 2.45) is 5.41 Å². The Balaban J connectivity index is 1.86. The molecule has 0 bridgehead atoms. The SMILES string of the molecule is CSc1ccc(NC(=O)NCC2(CO)CC2)cc1F. The standard InChI is InChI=1S/C13H17FN2O2S/c1-19-11-3-2-9(6-10(11)14)16-12(18)15-7-13(8-17)4-5-13/h2-3,6,17H,4-5,7-8H2,1H3,(H2,15,16,18). The van der Waals surface area contributed by atoms with Gasteiger partial charge < -0.3 is 15.7 Å². The van der Waals surface area contributed by atoms with E-state index in [4.69, 9.17) is 5.11 Å². The van der Waals surface area contributed by atoms with E-state index in [0.29, 0.717) is 17.1 Å². The molecule has 0 unspecified atom stereocenters. The van der Waals surface area contributed by atoms with Crippen molar-refractivity contribution in [3.63, 3.8) is 0 Å². The summed E-state index contributed by atoms with van der Waals surface area (Å²) in [6, 6.07) is 4.21. The van der Waals surface area contributed by atoms with Gasteiger partial charge >= 0.3 is 6.03 Å². The second-order valence-corrected chi connectivity index (χ2v) is 5.66. The number of amides is 2. The third-order valence-corrected chi connectivity index (χ3v) is 4.10. The molecule has 1 aliphatic rings. The van der Waals surface area contributed by atoms with Gasteiger partial charge in [0.05, 0.1) is 6.61 Å². The molecule has 0 atom stereocenters. The van der Waals surface area contributed by atoms with Crippen molar-refractivity contribution >= 4 is 23.5 Å². The van der Waals surface area contributed by atoms with Crippen LogP contribution in [0.2, 0.25) is 0 Å². The number of aliphatic hydroxyl groups excluding tert-OH is 1. The summed E-state index contributed by atoms with van der Waals surface area (Å²) in [4.78, 5) is 12.2. The number of rotatable bonds is 5. The topological polar surface area (TPSA) is 61.4 Å². The lowest BCUT2D eigenvalue weighted by molar-refractivity contribution is 0.206. The summed E-state index contributed by atoms with van der Waals surface area (Å²) in [5, 5.41) is 14.4. The highest BCUT2D eigenvalue weighted by Crippen LogP contribution is 2.44. The quantitative estimate of drug-likeness (QED) is 0.728. The van der Waals surface area contributed by atoms with Gasteiger partial charge in [-0.15, -0.1) is 11.8 Å². The molecular weight excluding hydrogens is 267 g/mol. The monoisotopic (exact) mass is 284 g/mol. The highest BCUT2D eigenvalue weighted by molar-refractivity contribution is 7.98. The van der Waals surface area contributed by atoms with Crippen LogP contribution in [0.1, 0.15) is 12.8 Å². The number of nitrogens with one attached hydrogen (secondary N) is 2. The Morgan fingerprint density at radius 3 is 2.79 bits per heavy atom. The first-order valence-corrected chi connectivity index (χ1v) is 7.30. The summed E-state index contributed by atoms with van der Waals surface area (Å²) in [5.41, 5.74) is 0.285. The molecule has 4 nitrogen and oxygen atoms in total. The van der Waals surface area contributed by atoms with E-state index in [1.807, 2.05) is 0 Å². The third-order valence-electron chi connectivity index (χ3n) is 3.33. The van der Waals surface area contributed by atoms with Crippen LogP contribution < -0.4 is 10.6 Å². The van der Waals surface area contributed by atoms with E-state index in [1.54, 1.807) is 18.4 Å².